The van der Waals surface area contributed by atoms with Gasteiger partial charge in [0, 0.05) is 6.42 Å². The van der Waals surface area contributed by atoms with Crippen molar-refractivity contribution in [3.8, 4) is 5.75 Å². The van der Waals surface area contributed by atoms with Crippen molar-refractivity contribution in [1.29, 1.82) is 0 Å². The Morgan fingerprint density at radius 2 is 1.41 bits per heavy atom. The number of rotatable bonds is 16. The third-order valence-corrected chi connectivity index (χ3v) is 5.73. The van der Waals surface area contributed by atoms with Gasteiger partial charge >= 0.3 is 5.97 Å². The smallest absolute Gasteiger partial charge is 0.326 e. The summed E-state index contributed by atoms with van der Waals surface area (Å²) in [7, 11) is 0. The second-order valence-electron chi connectivity index (χ2n) is 9.57. The molecular formula is C25H41N5O7. The number of nitrogens with two attached hydrogens (primary N) is 2. The number of aliphatic carboxylic acids is 1. The Labute approximate surface area is 217 Å². The summed E-state index contributed by atoms with van der Waals surface area (Å²) in [6.07, 6.45) is 0.381. The number of carbonyl (C=O) groups is 4. The van der Waals surface area contributed by atoms with Crippen molar-refractivity contribution < 1.29 is 34.5 Å². The topological polar surface area (TPSA) is 217 Å². The minimum atomic E-state index is -1.28. The molecule has 37 heavy (non-hydrogen) atoms. The van der Waals surface area contributed by atoms with Crippen LogP contribution < -0.4 is 27.4 Å². The number of carboxylic acid groups (broad SMARTS) is 1. The van der Waals surface area contributed by atoms with E-state index < -0.39 is 54.0 Å². The molecule has 1 rings (SSSR count). The SMILES string of the molecule is CC(C)CC(NC(=O)C(N)C(C)O)C(=O)NC(CCCCN)C(=O)NC(Cc1ccc(O)cc1)C(=O)O. The molecule has 1 aromatic rings. The summed E-state index contributed by atoms with van der Waals surface area (Å²) < 4.78 is 0. The number of hydrogen-bond acceptors (Lipinski definition) is 8. The summed E-state index contributed by atoms with van der Waals surface area (Å²) in [5.74, 6) is -3.25. The molecule has 10 N–H and O–H groups in total. The zero-order valence-corrected chi connectivity index (χ0v) is 21.6. The monoisotopic (exact) mass is 523 g/mol. The normalized spacial score (nSPS) is 15.2. The highest BCUT2D eigenvalue weighted by Crippen LogP contribution is 2.12. The summed E-state index contributed by atoms with van der Waals surface area (Å²) in [4.78, 5) is 50.4. The summed E-state index contributed by atoms with van der Waals surface area (Å²) in [6.45, 7) is 5.45. The second-order valence-corrected chi connectivity index (χ2v) is 9.57. The predicted octanol–water partition coefficient (Wildman–Crippen LogP) is -0.643. The number of hydrogen-bond donors (Lipinski definition) is 8. The Kier molecular flexibility index (Phi) is 13.6. The largest absolute Gasteiger partial charge is 0.508 e. The van der Waals surface area contributed by atoms with Crippen LogP contribution in [0.15, 0.2) is 24.3 Å². The number of aliphatic hydroxyl groups is 1. The minimum absolute atomic E-state index is 0.00467. The summed E-state index contributed by atoms with van der Waals surface area (Å²) in [5, 5.41) is 36.3. The maximum atomic E-state index is 13.1. The maximum absolute atomic E-state index is 13.1. The van der Waals surface area contributed by atoms with E-state index >= 15 is 0 Å². The summed E-state index contributed by atoms with van der Waals surface area (Å²) >= 11 is 0. The fraction of sp³-hybridized carbons (Fsp3) is 0.600. The van der Waals surface area contributed by atoms with Crippen LogP contribution in [-0.2, 0) is 25.6 Å². The van der Waals surface area contributed by atoms with Gasteiger partial charge in [-0.3, -0.25) is 14.4 Å². The number of benzene rings is 1. The van der Waals surface area contributed by atoms with Crippen molar-refractivity contribution in [3.05, 3.63) is 29.8 Å². The van der Waals surface area contributed by atoms with Crippen molar-refractivity contribution in [2.75, 3.05) is 6.54 Å². The maximum Gasteiger partial charge on any atom is 0.326 e. The highest BCUT2D eigenvalue weighted by atomic mass is 16.4. The van der Waals surface area contributed by atoms with Crippen LogP contribution in [0.3, 0.4) is 0 Å². The van der Waals surface area contributed by atoms with Crippen LogP contribution in [0.2, 0.25) is 0 Å². The van der Waals surface area contributed by atoms with Gasteiger partial charge in [-0.25, -0.2) is 4.79 Å². The number of aliphatic hydroxyl groups excluding tert-OH is 1. The Morgan fingerprint density at radius 1 is 0.865 bits per heavy atom. The van der Waals surface area contributed by atoms with Gasteiger partial charge in [-0.1, -0.05) is 26.0 Å². The van der Waals surface area contributed by atoms with E-state index in [9.17, 15) is 34.5 Å². The fourth-order valence-corrected chi connectivity index (χ4v) is 3.56. The average molecular weight is 524 g/mol. The van der Waals surface area contributed by atoms with Gasteiger partial charge < -0.3 is 42.7 Å². The quantitative estimate of drug-likeness (QED) is 0.129. The van der Waals surface area contributed by atoms with E-state index in [4.69, 9.17) is 11.5 Å². The third kappa shape index (κ3) is 11.6. The number of amides is 3. The average Bonchev–Trinajstić information content (AvgIpc) is 2.82. The third-order valence-electron chi connectivity index (χ3n) is 5.73. The molecule has 0 spiro atoms. The van der Waals surface area contributed by atoms with Crippen LogP contribution >= 0.6 is 0 Å². The lowest BCUT2D eigenvalue weighted by atomic mass is 10.0. The van der Waals surface area contributed by atoms with E-state index in [0.29, 0.717) is 24.9 Å². The van der Waals surface area contributed by atoms with Crippen LogP contribution in [0.25, 0.3) is 0 Å². The predicted molar refractivity (Wildman–Crippen MR) is 137 cm³/mol. The number of phenolic OH excluding ortho intramolecular Hbond substituents is 1. The molecule has 0 aliphatic carbocycles. The van der Waals surface area contributed by atoms with Crippen molar-refractivity contribution in [3.63, 3.8) is 0 Å². The van der Waals surface area contributed by atoms with E-state index in [1.165, 1.54) is 19.1 Å². The number of carboxylic acids is 1. The molecule has 12 heteroatoms. The lowest BCUT2D eigenvalue weighted by molar-refractivity contribution is -0.142. The zero-order chi connectivity index (χ0) is 28.1. The van der Waals surface area contributed by atoms with Gasteiger partial charge in [0.2, 0.25) is 17.7 Å². The Morgan fingerprint density at radius 3 is 1.92 bits per heavy atom. The first-order valence-electron chi connectivity index (χ1n) is 12.4. The molecule has 0 saturated carbocycles. The van der Waals surface area contributed by atoms with Gasteiger partial charge in [-0.2, -0.15) is 0 Å². The standard InChI is InChI=1S/C25H41N5O7/c1-14(2)12-19(29-24(35)21(27)15(3)31)23(34)28-18(6-4-5-11-26)22(33)30-20(25(36)37)13-16-7-9-17(32)10-8-16/h7-10,14-15,18-21,31-32H,4-6,11-13,26-27H2,1-3H3,(H,28,34)(H,29,35)(H,30,33)(H,36,37). The van der Waals surface area contributed by atoms with Crippen LogP contribution in [0.4, 0.5) is 0 Å². The molecule has 0 heterocycles. The van der Waals surface area contributed by atoms with Gasteiger partial charge in [0.15, 0.2) is 0 Å². The summed E-state index contributed by atoms with van der Waals surface area (Å²) in [5.41, 5.74) is 11.8. The van der Waals surface area contributed by atoms with Gasteiger partial charge in [0.1, 0.15) is 29.9 Å². The lowest BCUT2D eigenvalue weighted by Crippen LogP contribution is -2.58. The summed E-state index contributed by atoms with van der Waals surface area (Å²) in [6, 6.07) is 1.33. The fourth-order valence-electron chi connectivity index (χ4n) is 3.56. The molecule has 5 atom stereocenters. The number of aromatic hydroxyl groups is 1. The first-order valence-corrected chi connectivity index (χ1v) is 12.4. The van der Waals surface area contributed by atoms with E-state index in [0.717, 1.165) is 0 Å². The first kappa shape index (κ1) is 31.8. The first-order chi connectivity index (χ1) is 17.3. The van der Waals surface area contributed by atoms with Crippen molar-refractivity contribution in [1.82, 2.24) is 16.0 Å². The molecule has 3 amide bonds. The van der Waals surface area contributed by atoms with Gasteiger partial charge in [-0.15, -0.1) is 0 Å². The number of carbonyl (C=O) groups excluding carboxylic acids is 3. The molecule has 12 nitrogen and oxygen atoms in total. The van der Waals surface area contributed by atoms with E-state index in [-0.39, 0.29) is 30.9 Å². The molecule has 0 aliphatic rings. The molecular weight excluding hydrogens is 482 g/mol. The molecule has 0 bridgehead atoms. The molecule has 1 aromatic carbocycles. The van der Waals surface area contributed by atoms with Gasteiger partial charge in [0.25, 0.3) is 0 Å². The Balaban J connectivity index is 3.03. The Bertz CT molecular complexity index is 892. The highest BCUT2D eigenvalue weighted by Gasteiger charge is 2.31. The van der Waals surface area contributed by atoms with Crippen LogP contribution in [0.1, 0.15) is 52.0 Å². The van der Waals surface area contributed by atoms with Crippen molar-refractivity contribution >= 4 is 23.7 Å². The van der Waals surface area contributed by atoms with E-state index in [1.807, 2.05) is 13.8 Å². The molecule has 0 aliphatic heterocycles. The van der Waals surface area contributed by atoms with Crippen molar-refractivity contribution in [2.24, 2.45) is 17.4 Å². The van der Waals surface area contributed by atoms with Crippen LogP contribution in [-0.4, -0.2) is 75.8 Å². The molecule has 208 valence electrons. The van der Waals surface area contributed by atoms with Crippen molar-refractivity contribution in [2.45, 2.75) is 83.1 Å². The van der Waals surface area contributed by atoms with Crippen LogP contribution in [0, 0.1) is 5.92 Å². The lowest BCUT2D eigenvalue weighted by Gasteiger charge is -2.26. The second kappa shape index (κ2) is 15.8. The van der Waals surface area contributed by atoms with Gasteiger partial charge in [0.05, 0.1) is 6.10 Å². The number of unbranched alkanes of at least 4 members (excludes halogenated alkanes) is 1. The minimum Gasteiger partial charge on any atom is -0.508 e. The Hall–Kier alpha value is -3.22. The van der Waals surface area contributed by atoms with Crippen LogP contribution in [0.5, 0.6) is 5.75 Å². The van der Waals surface area contributed by atoms with E-state index in [2.05, 4.69) is 16.0 Å². The molecule has 0 fully saturated rings. The molecule has 0 saturated heterocycles. The van der Waals surface area contributed by atoms with Gasteiger partial charge in [-0.05, 0) is 62.8 Å². The molecule has 5 unspecified atom stereocenters. The number of phenols is 1. The molecule has 0 aromatic heterocycles. The zero-order valence-electron chi connectivity index (χ0n) is 21.6. The van der Waals surface area contributed by atoms with E-state index in [1.54, 1.807) is 12.1 Å². The highest BCUT2D eigenvalue weighted by molar-refractivity contribution is 5.94. The molecule has 0 radical (unpaired) electrons. The number of nitrogens with one attached hydrogen (secondary N) is 3.